The molecule has 0 aromatic heterocycles. The monoisotopic (exact) mass is 498 g/mol. The van der Waals surface area contributed by atoms with Gasteiger partial charge < -0.3 is 15.5 Å². The van der Waals surface area contributed by atoms with Gasteiger partial charge in [-0.2, -0.15) is 13.0 Å². The van der Waals surface area contributed by atoms with E-state index in [0.29, 0.717) is 0 Å². The average Bonchev–Trinajstić information content (AvgIpc) is 2.08. The number of allylic oxidation sites excluding steroid dienone is 2. The van der Waals surface area contributed by atoms with Crippen molar-refractivity contribution in [2.24, 2.45) is 0 Å². The summed E-state index contributed by atoms with van der Waals surface area (Å²) in [7, 11) is 4.50. The second kappa shape index (κ2) is 112. The third kappa shape index (κ3) is 252. The van der Waals surface area contributed by atoms with E-state index in [9.17, 15) is 4.79 Å². The number of carbonyl (C=O) groups excluding carboxylic acids is 1. The van der Waals surface area contributed by atoms with E-state index < -0.39 is 0 Å². The summed E-state index contributed by atoms with van der Waals surface area (Å²) in [5.41, 5.74) is 0. The molecule has 0 aromatic carbocycles. The standard InChI is InChI=1S/C4H5O.C4H5.C2H5O.4CH4.3Y/c1-2-3-4-5;1-3-4-2;1-3-2;;;;;;;/h2-3H,1H3;1H2,2H3;1H2,2H3;4*1H4;;;/q3*-1;;;;;;;/b3-2+;;;;;;;;;. The fraction of sp³-hybridized carbons (Fsp3) is 0.500. The van der Waals surface area contributed by atoms with Gasteiger partial charge in [0, 0.05) is 98.1 Å². The van der Waals surface area contributed by atoms with Crippen molar-refractivity contribution < 1.29 is 108 Å². The van der Waals surface area contributed by atoms with E-state index in [0.717, 1.165) is 0 Å². The van der Waals surface area contributed by atoms with Gasteiger partial charge in [0.25, 0.3) is 0 Å². The zero-order valence-corrected chi connectivity index (χ0v) is 18.1. The van der Waals surface area contributed by atoms with Crippen LogP contribution >= 0.6 is 0 Å². The molecule has 2 nitrogen and oxygen atoms in total. The SMILES string of the molecule is C.C.C.C.C/C=C/[C-]=O.[CH2-]C#CC.[CH2-]OC.[Y].[Y].[Y]. The van der Waals surface area contributed by atoms with Crippen LogP contribution in [0.15, 0.2) is 12.2 Å². The van der Waals surface area contributed by atoms with Gasteiger partial charge in [-0.1, -0.05) is 36.6 Å². The summed E-state index contributed by atoms with van der Waals surface area (Å²) in [4.78, 5) is 9.19. The maximum atomic E-state index is 9.19. The molecule has 0 atom stereocenters. The minimum atomic E-state index is 0. The van der Waals surface area contributed by atoms with Crippen LogP contribution in [0.25, 0.3) is 0 Å². The van der Waals surface area contributed by atoms with Gasteiger partial charge in [0.1, 0.15) is 0 Å². The molecule has 0 aliphatic heterocycles. The van der Waals surface area contributed by atoms with Crippen molar-refractivity contribution in [3.63, 3.8) is 0 Å². The van der Waals surface area contributed by atoms with Gasteiger partial charge >= 0.3 is 0 Å². The van der Waals surface area contributed by atoms with Crippen LogP contribution in [0, 0.1) is 25.9 Å². The van der Waals surface area contributed by atoms with E-state index in [-0.39, 0.29) is 128 Å². The third-order valence-corrected chi connectivity index (χ3v) is 0.411. The Morgan fingerprint density at radius 1 is 1.11 bits per heavy atom. The Morgan fingerprint density at radius 2 is 1.32 bits per heavy atom. The van der Waals surface area contributed by atoms with Crippen molar-refractivity contribution >= 4 is 6.29 Å². The number of ether oxygens (including phenoxy) is 1. The Morgan fingerprint density at radius 3 is 1.32 bits per heavy atom. The first kappa shape index (κ1) is 69.2. The number of hydrogen-bond donors (Lipinski definition) is 0. The molecule has 0 saturated carbocycles. The van der Waals surface area contributed by atoms with Crippen molar-refractivity contribution in [2.75, 3.05) is 7.11 Å². The zero-order chi connectivity index (χ0) is 10.2. The Labute approximate surface area is 199 Å². The van der Waals surface area contributed by atoms with Crippen molar-refractivity contribution in [1.82, 2.24) is 0 Å². The minimum Gasteiger partial charge on any atom is -0.557 e. The van der Waals surface area contributed by atoms with Crippen molar-refractivity contribution in [3.05, 3.63) is 26.2 Å². The quantitative estimate of drug-likeness (QED) is 0.303. The van der Waals surface area contributed by atoms with Crippen LogP contribution in [0.4, 0.5) is 0 Å². The Kier molecular flexibility index (Phi) is 406. The second-order valence-corrected chi connectivity index (χ2v) is 1.33. The Hall–Kier alpha value is 2.11. The largest absolute Gasteiger partial charge is 0.557 e. The molecule has 0 aliphatic rings. The molecular weight excluding hydrogens is 467 g/mol. The van der Waals surface area contributed by atoms with Gasteiger partial charge in [-0.25, -0.2) is 13.2 Å². The van der Waals surface area contributed by atoms with Crippen molar-refractivity contribution in [2.45, 2.75) is 43.6 Å². The maximum absolute atomic E-state index is 9.19. The summed E-state index contributed by atoms with van der Waals surface area (Å²) >= 11 is 0. The molecule has 0 fully saturated rings. The molecule has 0 amide bonds. The van der Waals surface area contributed by atoms with E-state index in [2.05, 4.69) is 30.6 Å². The second-order valence-electron chi connectivity index (χ2n) is 1.33. The van der Waals surface area contributed by atoms with Crippen LogP contribution in [-0.4, -0.2) is 13.4 Å². The van der Waals surface area contributed by atoms with Crippen molar-refractivity contribution in [3.8, 4) is 11.8 Å². The maximum Gasteiger partial charge on any atom is 0 e. The molecule has 0 saturated heterocycles. The van der Waals surface area contributed by atoms with Crippen LogP contribution in [0.3, 0.4) is 0 Å². The first-order valence-electron chi connectivity index (χ1n) is 3.20. The molecule has 0 spiro atoms. The minimum absolute atomic E-state index is 0. The first-order valence-corrected chi connectivity index (χ1v) is 3.20. The normalized spacial score (nSPS) is 4.00. The van der Waals surface area contributed by atoms with Gasteiger partial charge in [0.15, 0.2) is 0 Å². The van der Waals surface area contributed by atoms with Crippen LogP contribution < -0.4 is 0 Å². The smallest absolute Gasteiger partial charge is 0 e. The summed E-state index contributed by atoms with van der Waals surface area (Å²) in [5.74, 6) is 5.00. The topological polar surface area (TPSA) is 26.3 Å². The van der Waals surface area contributed by atoms with Crippen LogP contribution in [0.2, 0.25) is 0 Å². The van der Waals surface area contributed by atoms with E-state index in [4.69, 9.17) is 0 Å². The summed E-state index contributed by atoms with van der Waals surface area (Å²) in [6.45, 7) is 6.77. The Balaban J connectivity index is -0.00000000687. The van der Waals surface area contributed by atoms with Crippen LogP contribution in [0.1, 0.15) is 43.6 Å². The van der Waals surface area contributed by atoms with Gasteiger partial charge in [-0.3, -0.25) is 5.92 Å². The van der Waals surface area contributed by atoms with Gasteiger partial charge in [0.2, 0.25) is 0 Å². The van der Waals surface area contributed by atoms with E-state index >= 15 is 0 Å². The fourth-order valence-electron chi connectivity index (χ4n) is 0.0680. The molecule has 0 heterocycles. The zero-order valence-electron chi connectivity index (χ0n) is 9.62. The summed E-state index contributed by atoms with van der Waals surface area (Å²) in [6, 6.07) is 0. The number of hydrogen-bond acceptors (Lipinski definition) is 2. The molecule has 0 N–H and O–H groups in total. The average molecular weight is 498 g/mol. The van der Waals surface area contributed by atoms with E-state index in [1.165, 1.54) is 13.2 Å². The molecular formula is C14H31O2Y3-3. The molecule has 0 rings (SSSR count). The fourth-order valence-corrected chi connectivity index (χ4v) is 0.0680. The third-order valence-electron chi connectivity index (χ3n) is 0.411. The predicted octanol–water partition coefficient (Wildman–Crippen LogP) is 4.48. The molecule has 19 heavy (non-hydrogen) atoms. The summed E-state index contributed by atoms with van der Waals surface area (Å²) in [5, 5.41) is 0. The molecule has 0 unspecified atom stereocenters. The number of methoxy groups -OCH3 is 1. The van der Waals surface area contributed by atoms with Crippen LogP contribution in [-0.2, 0) is 108 Å². The van der Waals surface area contributed by atoms with Crippen LogP contribution in [0.5, 0.6) is 0 Å². The van der Waals surface area contributed by atoms with E-state index in [1.54, 1.807) is 26.2 Å². The Bertz CT molecular complexity index is 145. The summed E-state index contributed by atoms with van der Waals surface area (Å²) in [6.07, 6.45) is 4.54. The van der Waals surface area contributed by atoms with Crippen molar-refractivity contribution in [1.29, 1.82) is 0 Å². The summed E-state index contributed by atoms with van der Waals surface area (Å²) < 4.78 is 4.00. The van der Waals surface area contributed by atoms with Gasteiger partial charge in [0.05, 0.1) is 0 Å². The van der Waals surface area contributed by atoms with E-state index in [1.807, 2.05) is 0 Å². The molecule has 3 radical (unpaired) electrons. The number of rotatable bonds is 1. The molecule has 0 aliphatic carbocycles. The van der Waals surface area contributed by atoms with Gasteiger partial charge in [-0.05, 0) is 13.4 Å². The molecule has 5 heteroatoms. The first-order chi connectivity index (χ1) is 5.74. The van der Waals surface area contributed by atoms with Gasteiger partial charge in [-0.15, -0.1) is 6.92 Å². The molecule has 111 valence electrons. The predicted molar refractivity (Wildman–Crippen MR) is 78.6 cm³/mol. The molecule has 0 aromatic rings. The molecule has 0 bridgehead atoms.